The highest BCUT2D eigenvalue weighted by Gasteiger charge is 2.15. The van der Waals surface area contributed by atoms with Crippen LogP contribution in [0.4, 0.5) is 5.69 Å². The maximum Gasteiger partial charge on any atom is 0.173 e. The minimum absolute atomic E-state index is 0.644. The van der Waals surface area contributed by atoms with E-state index in [1.54, 1.807) is 0 Å². The molecule has 6 heteroatoms. The van der Waals surface area contributed by atoms with E-state index < -0.39 is 0 Å². The van der Waals surface area contributed by atoms with E-state index in [0.717, 1.165) is 30.1 Å². The topological polar surface area (TPSA) is 53.2 Å². The van der Waals surface area contributed by atoms with Crippen molar-refractivity contribution in [2.45, 2.75) is 26.8 Å². The zero-order chi connectivity index (χ0) is 22.3. The molecule has 0 unspecified atom stereocenters. The molecule has 0 saturated carbocycles. The van der Waals surface area contributed by atoms with E-state index in [1.165, 1.54) is 22.2 Å². The Morgan fingerprint density at radius 3 is 2.59 bits per heavy atom. The number of aryl methyl sites for hydroxylation is 1. The Morgan fingerprint density at radius 2 is 1.84 bits per heavy atom. The fourth-order valence-corrected chi connectivity index (χ4v) is 4.12. The third kappa shape index (κ3) is 5.26. The van der Waals surface area contributed by atoms with Gasteiger partial charge in [-0.3, -0.25) is 4.98 Å². The van der Waals surface area contributed by atoms with E-state index in [0.29, 0.717) is 18.3 Å². The lowest BCUT2D eigenvalue weighted by atomic mass is 10.1. The number of nitrogens with one attached hydrogen (secondary N) is 2. The van der Waals surface area contributed by atoms with Gasteiger partial charge in [-0.05, 0) is 80.5 Å². The molecule has 2 N–H and O–H groups in total. The van der Waals surface area contributed by atoms with Gasteiger partial charge >= 0.3 is 0 Å². The Labute approximate surface area is 194 Å². The van der Waals surface area contributed by atoms with Crippen LogP contribution in [-0.2, 0) is 13.0 Å². The normalized spacial score (nSPS) is 10.8. The summed E-state index contributed by atoms with van der Waals surface area (Å²) >= 11 is 5.81. The number of benzene rings is 2. The second-order valence-corrected chi connectivity index (χ2v) is 8.04. The van der Waals surface area contributed by atoms with E-state index >= 15 is 0 Å². The molecule has 0 saturated heterocycles. The molecule has 4 aromatic rings. The number of anilines is 1. The molecule has 2 aromatic carbocycles. The van der Waals surface area contributed by atoms with Crippen LogP contribution in [0.25, 0.3) is 10.9 Å². The van der Waals surface area contributed by atoms with Crippen LogP contribution < -0.4 is 10.1 Å². The smallest absolute Gasteiger partial charge is 0.173 e. The first kappa shape index (κ1) is 21.8. The number of aromatic amines is 1. The van der Waals surface area contributed by atoms with Crippen molar-refractivity contribution in [3.05, 3.63) is 89.9 Å². The summed E-state index contributed by atoms with van der Waals surface area (Å²) in [5, 5.41) is 5.33. The average Bonchev–Trinajstić information content (AvgIpc) is 3.13. The fraction of sp³-hybridized carbons (Fsp3) is 0.231. The lowest BCUT2D eigenvalue weighted by Gasteiger charge is -2.26. The van der Waals surface area contributed by atoms with E-state index in [4.69, 9.17) is 17.0 Å². The van der Waals surface area contributed by atoms with Crippen LogP contribution in [0.5, 0.6) is 5.75 Å². The molecule has 164 valence electrons. The van der Waals surface area contributed by atoms with Crippen LogP contribution in [0.15, 0.2) is 72.9 Å². The Balaban J connectivity index is 1.51. The summed E-state index contributed by atoms with van der Waals surface area (Å²) in [5.41, 5.74) is 5.63. The molecule has 0 amide bonds. The molecular formula is C26H28N4OS. The van der Waals surface area contributed by atoms with Crippen LogP contribution in [0, 0.1) is 6.92 Å². The van der Waals surface area contributed by atoms with E-state index in [2.05, 4.69) is 51.4 Å². The molecule has 4 rings (SSSR count). The van der Waals surface area contributed by atoms with Gasteiger partial charge in [0.1, 0.15) is 5.75 Å². The lowest BCUT2D eigenvalue weighted by molar-refractivity contribution is 0.340. The predicted molar refractivity (Wildman–Crippen MR) is 135 cm³/mol. The zero-order valence-electron chi connectivity index (χ0n) is 18.5. The number of nitrogens with zero attached hydrogens (tertiary/aromatic N) is 2. The van der Waals surface area contributed by atoms with Gasteiger partial charge in [0.2, 0.25) is 0 Å². The number of thiocarbonyl (C=S) groups is 1. The number of fused-ring (bicyclic) bond motifs is 1. The van der Waals surface area contributed by atoms with Crippen LogP contribution in [-0.4, -0.2) is 33.1 Å². The fourth-order valence-electron chi connectivity index (χ4n) is 3.85. The number of rotatable bonds is 8. The van der Waals surface area contributed by atoms with Crippen molar-refractivity contribution < 1.29 is 4.74 Å². The predicted octanol–water partition coefficient (Wildman–Crippen LogP) is 5.71. The minimum Gasteiger partial charge on any atom is -0.494 e. The molecule has 0 fully saturated rings. The average molecular weight is 445 g/mol. The molecule has 0 aliphatic carbocycles. The van der Waals surface area contributed by atoms with Gasteiger partial charge in [0.15, 0.2) is 5.11 Å². The van der Waals surface area contributed by atoms with Gasteiger partial charge in [-0.2, -0.15) is 0 Å². The van der Waals surface area contributed by atoms with Gasteiger partial charge in [-0.15, -0.1) is 0 Å². The van der Waals surface area contributed by atoms with Crippen molar-refractivity contribution >= 4 is 33.9 Å². The monoisotopic (exact) mass is 444 g/mol. The van der Waals surface area contributed by atoms with Gasteiger partial charge in [-0.1, -0.05) is 24.3 Å². The molecule has 0 spiro atoms. The van der Waals surface area contributed by atoms with E-state index in [1.807, 2.05) is 55.6 Å². The Hall–Kier alpha value is -3.38. The number of pyridine rings is 1. The first-order valence-corrected chi connectivity index (χ1v) is 11.3. The Morgan fingerprint density at radius 1 is 1.06 bits per heavy atom. The number of H-pyrrole nitrogens is 1. The largest absolute Gasteiger partial charge is 0.494 e. The highest BCUT2D eigenvalue weighted by atomic mass is 32.1. The zero-order valence-corrected chi connectivity index (χ0v) is 19.3. The maximum absolute atomic E-state index is 5.81. The molecule has 5 nitrogen and oxygen atoms in total. The van der Waals surface area contributed by atoms with Gasteiger partial charge in [0.05, 0.1) is 18.8 Å². The second-order valence-electron chi connectivity index (χ2n) is 7.65. The van der Waals surface area contributed by atoms with Gasteiger partial charge < -0.3 is 19.9 Å². The molecule has 0 aliphatic heterocycles. The van der Waals surface area contributed by atoms with Gasteiger partial charge in [0, 0.05) is 35.0 Å². The van der Waals surface area contributed by atoms with Crippen LogP contribution in [0.3, 0.4) is 0 Å². The number of para-hydroxylation sites is 1. The van der Waals surface area contributed by atoms with Crippen molar-refractivity contribution in [1.82, 2.24) is 14.9 Å². The molecule has 2 aromatic heterocycles. The van der Waals surface area contributed by atoms with Gasteiger partial charge in [-0.25, -0.2) is 0 Å². The molecule has 0 atom stereocenters. The summed E-state index contributed by atoms with van der Waals surface area (Å²) in [6, 6.07) is 22.3. The molecule has 0 radical (unpaired) electrons. The number of hydrogen-bond donors (Lipinski definition) is 2. The summed E-state index contributed by atoms with van der Waals surface area (Å²) in [4.78, 5) is 10.2. The van der Waals surface area contributed by atoms with Crippen LogP contribution >= 0.6 is 12.2 Å². The summed E-state index contributed by atoms with van der Waals surface area (Å²) in [6.07, 6.45) is 2.70. The van der Waals surface area contributed by atoms with Crippen molar-refractivity contribution in [2.75, 3.05) is 18.5 Å². The Kier molecular flexibility index (Phi) is 7.02. The summed E-state index contributed by atoms with van der Waals surface area (Å²) in [6.45, 7) is 6.19. The molecule has 2 heterocycles. The second kappa shape index (κ2) is 10.3. The highest BCUT2D eigenvalue weighted by Crippen LogP contribution is 2.23. The van der Waals surface area contributed by atoms with E-state index in [9.17, 15) is 0 Å². The number of ether oxygens (including phenoxy) is 1. The maximum atomic E-state index is 5.81. The third-order valence-corrected chi connectivity index (χ3v) is 5.80. The van der Waals surface area contributed by atoms with Crippen LogP contribution in [0.2, 0.25) is 0 Å². The molecule has 32 heavy (non-hydrogen) atoms. The number of aromatic nitrogens is 2. The first-order chi connectivity index (χ1) is 15.6. The minimum atomic E-state index is 0.644. The standard InChI is InChI=1S/C26H28N4OS/c1-3-31-22-13-11-20(12-14-22)29-26(32)30(18-21-8-6-7-16-27-21)17-15-23-19(2)28-25-10-5-4-9-24(23)25/h4-14,16,28H,3,15,17-18H2,1-2H3,(H,29,32). The van der Waals surface area contributed by atoms with E-state index in [-0.39, 0.29) is 0 Å². The summed E-state index contributed by atoms with van der Waals surface area (Å²) in [5.74, 6) is 0.851. The van der Waals surface area contributed by atoms with Crippen molar-refractivity contribution in [1.29, 1.82) is 0 Å². The quantitative estimate of drug-likeness (QED) is 0.341. The molecular weight excluding hydrogens is 416 g/mol. The van der Waals surface area contributed by atoms with Crippen molar-refractivity contribution in [3.8, 4) is 5.75 Å². The molecule has 0 aliphatic rings. The summed E-state index contributed by atoms with van der Waals surface area (Å²) < 4.78 is 5.54. The SMILES string of the molecule is CCOc1ccc(NC(=S)N(CCc2c(C)[nH]c3ccccc23)Cc2ccccn2)cc1. The number of hydrogen-bond acceptors (Lipinski definition) is 3. The Bertz CT molecular complexity index is 1170. The molecule has 0 bridgehead atoms. The summed E-state index contributed by atoms with van der Waals surface area (Å²) in [7, 11) is 0. The first-order valence-electron chi connectivity index (χ1n) is 10.9. The lowest BCUT2D eigenvalue weighted by Crippen LogP contribution is -2.36. The highest BCUT2D eigenvalue weighted by molar-refractivity contribution is 7.80. The van der Waals surface area contributed by atoms with Crippen molar-refractivity contribution in [2.24, 2.45) is 0 Å². The third-order valence-electron chi connectivity index (χ3n) is 5.44. The van der Waals surface area contributed by atoms with Gasteiger partial charge in [0.25, 0.3) is 0 Å². The van der Waals surface area contributed by atoms with Crippen LogP contribution in [0.1, 0.15) is 23.9 Å². The van der Waals surface area contributed by atoms with Crippen molar-refractivity contribution in [3.63, 3.8) is 0 Å².